The van der Waals surface area contributed by atoms with Crippen molar-refractivity contribution in [3.05, 3.63) is 133 Å². The summed E-state index contributed by atoms with van der Waals surface area (Å²) in [4.78, 5) is 5.19. The summed E-state index contributed by atoms with van der Waals surface area (Å²) in [6.07, 6.45) is 0.272. The van der Waals surface area contributed by atoms with Gasteiger partial charge in [-0.15, -0.1) is 0 Å². The standard InChI is InChI=1S/C37H30N2O/c1-25(2)22-26-20-21-35-31(23-26)32(24-40-35)37-38-33-18-9-10-19-34(33)39(37)36-29(27-12-5-3-6-13-27)16-11-17-30(36)28-14-7-4-8-15-28/h3-21,23-25H,22H2,1-2H3/i22D2. The van der Waals surface area contributed by atoms with Gasteiger partial charge in [0.1, 0.15) is 17.7 Å². The number of nitrogens with zero attached hydrogens (tertiary/aromatic N) is 2. The molecule has 7 rings (SSSR count). The maximum absolute atomic E-state index is 8.75. The minimum atomic E-state index is -1.48. The molecule has 0 radical (unpaired) electrons. The van der Waals surface area contributed by atoms with E-state index in [4.69, 9.17) is 12.1 Å². The van der Waals surface area contributed by atoms with Gasteiger partial charge in [-0.2, -0.15) is 0 Å². The molecule has 3 nitrogen and oxygen atoms in total. The highest BCUT2D eigenvalue weighted by atomic mass is 16.3. The number of fused-ring (bicyclic) bond motifs is 2. The Morgan fingerprint density at radius 2 is 1.38 bits per heavy atom. The maximum atomic E-state index is 8.75. The van der Waals surface area contributed by atoms with Gasteiger partial charge in [0.25, 0.3) is 0 Å². The van der Waals surface area contributed by atoms with Gasteiger partial charge in [0, 0.05) is 19.3 Å². The Hall–Kier alpha value is -4.89. The number of aromatic nitrogens is 2. The second kappa shape index (κ2) is 10.0. The first-order chi connectivity index (χ1) is 20.4. The minimum Gasteiger partial charge on any atom is -0.464 e. The molecule has 5 aromatic carbocycles. The number of furan rings is 1. The largest absolute Gasteiger partial charge is 0.464 e. The van der Waals surface area contributed by atoms with Crippen molar-refractivity contribution in [1.82, 2.24) is 9.55 Å². The Labute approximate surface area is 237 Å². The molecule has 0 aliphatic rings. The fourth-order valence-corrected chi connectivity index (χ4v) is 5.54. The molecule has 0 unspecified atom stereocenters. The molecule has 0 bridgehead atoms. The van der Waals surface area contributed by atoms with Crippen LogP contribution in [-0.4, -0.2) is 9.55 Å². The number of hydrogen-bond acceptors (Lipinski definition) is 2. The van der Waals surface area contributed by atoms with E-state index in [2.05, 4.69) is 77.4 Å². The lowest BCUT2D eigenvalue weighted by atomic mass is 9.95. The molecule has 0 aliphatic carbocycles. The van der Waals surface area contributed by atoms with E-state index < -0.39 is 6.37 Å². The third kappa shape index (κ3) is 4.20. The van der Waals surface area contributed by atoms with Crippen LogP contribution in [-0.2, 0) is 6.37 Å². The topological polar surface area (TPSA) is 31.0 Å². The summed E-state index contributed by atoms with van der Waals surface area (Å²) >= 11 is 0. The van der Waals surface area contributed by atoms with Crippen molar-refractivity contribution in [2.24, 2.45) is 5.92 Å². The zero-order valence-electron chi connectivity index (χ0n) is 24.5. The summed E-state index contributed by atoms with van der Waals surface area (Å²) in [7, 11) is 0. The van der Waals surface area contributed by atoms with Crippen LogP contribution in [0, 0.1) is 5.92 Å². The van der Waals surface area contributed by atoms with Crippen LogP contribution in [0.4, 0.5) is 0 Å². The second-order valence-electron chi connectivity index (χ2n) is 10.4. The maximum Gasteiger partial charge on any atom is 0.149 e. The van der Waals surface area contributed by atoms with Gasteiger partial charge in [-0.1, -0.05) is 111 Å². The van der Waals surface area contributed by atoms with Crippen LogP contribution in [0.5, 0.6) is 0 Å². The van der Waals surface area contributed by atoms with Crippen molar-refractivity contribution in [2.75, 3.05) is 0 Å². The van der Waals surface area contributed by atoms with Gasteiger partial charge in [-0.05, 0) is 53.2 Å². The third-order valence-electron chi connectivity index (χ3n) is 7.26. The quantitative estimate of drug-likeness (QED) is 0.218. The normalized spacial score (nSPS) is 12.7. The summed E-state index contributed by atoms with van der Waals surface area (Å²) < 4.78 is 25.8. The number of benzene rings is 5. The molecule has 194 valence electrons. The van der Waals surface area contributed by atoms with Crippen molar-refractivity contribution in [2.45, 2.75) is 20.2 Å². The summed E-state index contributed by atoms with van der Waals surface area (Å²) in [5.41, 5.74) is 9.44. The Kier molecular flexibility index (Phi) is 5.50. The monoisotopic (exact) mass is 520 g/mol. The van der Waals surface area contributed by atoms with Gasteiger partial charge in [-0.25, -0.2) is 4.98 Å². The lowest BCUT2D eigenvalue weighted by molar-refractivity contribution is 0.615. The van der Waals surface area contributed by atoms with Crippen molar-refractivity contribution >= 4 is 22.0 Å². The highest BCUT2D eigenvalue weighted by molar-refractivity contribution is 5.98. The van der Waals surface area contributed by atoms with Gasteiger partial charge in [0.2, 0.25) is 0 Å². The highest BCUT2D eigenvalue weighted by Gasteiger charge is 2.23. The van der Waals surface area contributed by atoms with E-state index in [1.54, 1.807) is 6.26 Å². The van der Waals surface area contributed by atoms with E-state index >= 15 is 0 Å². The van der Waals surface area contributed by atoms with Gasteiger partial charge in [0.05, 0.1) is 22.3 Å². The summed E-state index contributed by atoms with van der Waals surface area (Å²) in [6, 6.07) is 41.1. The first kappa shape index (κ1) is 22.0. The van der Waals surface area contributed by atoms with E-state index in [-0.39, 0.29) is 5.92 Å². The van der Waals surface area contributed by atoms with E-state index in [1.165, 1.54) is 0 Å². The molecule has 0 atom stereocenters. The summed E-state index contributed by atoms with van der Waals surface area (Å²) in [5.74, 6) is 0.568. The molecule has 0 saturated carbocycles. The molecule has 0 amide bonds. The molecule has 0 aliphatic heterocycles. The molecular weight excluding hydrogens is 488 g/mol. The number of para-hydroxylation sites is 3. The lowest BCUT2D eigenvalue weighted by Gasteiger charge is -2.19. The molecule has 0 fully saturated rings. The summed E-state index contributed by atoms with van der Waals surface area (Å²) in [6.45, 7) is 3.82. The van der Waals surface area contributed by atoms with Gasteiger partial charge < -0.3 is 4.42 Å². The SMILES string of the molecule is [2H]C([2H])(c1ccc2occ(-c3nc4ccccc4n3-c3c(-c4ccccc4)cccc3-c3ccccc3)c2c1)C(C)C. The highest BCUT2D eigenvalue weighted by Crippen LogP contribution is 2.41. The first-order valence-corrected chi connectivity index (χ1v) is 13.7. The number of rotatable bonds is 6. The first-order valence-electron chi connectivity index (χ1n) is 14.7. The zero-order chi connectivity index (χ0) is 28.8. The molecule has 40 heavy (non-hydrogen) atoms. The molecule has 0 saturated heterocycles. The smallest absolute Gasteiger partial charge is 0.149 e. The second-order valence-corrected chi connectivity index (χ2v) is 10.4. The lowest BCUT2D eigenvalue weighted by Crippen LogP contribution is -2.03. The fourth-order valence-electron chi connectivity index (χ4n) is 5.54. The molecule has 0 N–H and O–H groups in total. The molecule has 2 aromatic heterocycles. The van der Waals surface area contributed by atoms with Crippen LogP contribution in [0.2, 0.25) is 0 Å². The minimum absolute atomic E-state index is 0.180. The van der Waals surface area contributed by atoms with Crippen LogP contribution in [0.3, 0.4) is 0 Å². The van der Waals surface area contributed by atoms with Crippen LogP contribution >= 0.6 is 0 Å². The zero-order valence-corrected chi connectivity index (χ0v) is 22.5. The molecule has 3 heteroatoms. The average molecular weight is 521 g/mol. The van der Waals surface area contributed by atoms with Crippen LogP contribution in [0.15, 0.2) is 132 Å². The predicted octanol–water partition coefficient (Wildman–Crippen LogP) is 9.97. The van der Waals surface area contributed by atoms with E-state index in [9.17, 15) is 0 Å². The molecule has 0 spiro atoms. The summed E-state index contributed by atoms with van der Waals surface area (Å²) in [5, 5.41) is 0.840. The van der Waals surface area contributed by atoms with Crippen LogP contribution in [0.1, 0.15) is 22.2 Å². The molecular formula is C37H30N2O. The van der Waals surface area contributed by atoms with Gasteiger partial charge in [-0.3, -0.25) is 4.57 Å². The third-order valence-corrected chi connectivity index (χ3v) is 7.26. The van der Waals surface area contributed by atoms with Crippen molar-refractivity contribution in [3.63, 3.8) is 0 Å². The average Bonchev–Trinajstić information content (AvgIpc) is 3.62. The van der Waals surface area contributed by atoms with E-state index in [1.807, 2.05) is 62.4 Å². The van der Waals surface area contributed by atoms with Crippen LogP contribution in [0.25, 0.3) is 61.3 Å². The van der Waals surface area contributed by atoms with E-state index in [0.29, 0.717) is 11.1 Å². The van der Waals surface area contributed by atoms with Crippen molar-refractivity contribution in [1.29, 1.82) is 0 Å². The Bertz CT molecular complexity index is 1980. The Balaban J connectivity index is 1.58. The van der Waals surface area contributed by atoms with Gasteiger partial charge in [0.15, 0.2) is 0 Å². The number of imidazole rings is 1. The Morgan fingerprint density at radius 3 is 2.05 bits per heavy atom. The molecule has 7 aromatic rings. The molecule has 2 heterocycles. The van der Waals surface area contributed by atoms with Crippen molar-refractivity contribution < 1.29 is 7.16 Å². The van der Waals surface area contributed by atoms with Gasteiger partial charge >= 0.3 is 0 Å². The van der Waals surface area contributed by atoms with E-state index in [0.717, 1.165) is 55.7 Å². The van der Waals surface area contributed by atoms with Crippen LogP contribution < -0.4 is 0 Å². The number of hydrogen-bond donors (Lipinski definition) is 0. The predicted molar refractivity (Wildman–Crippen MR) is 166 cm³/mol. The fraction of sp³-hybridized carbons (Fsp3) is 0.108. The van der Waals surface area contributed by atoms with Crippen molar-refractivity contribution in [3.8, 4) is 39.3 Å². The Morgan fingerprint density at radius 1 is 0.725 bits per heavy atom.